The molecule has 0 atom stereocenters. The second-order valence-corrected chi connectivity index (χ2v) is 7.40. The summed E-state index contributed by atoms with van der Waals surface area (Å²) in [6.45, 7) is -0.745. The number of rotatable bonds is 5. The van der Waals surface area contributed by atoms with Crippen molar-refractivity contribution in [1.29, 1.82) is 0 Å². The van der Waals surface area contributed by atoms with Crippen molar-refractivity contribution in [2.24, 2.45) is 0 Å². The van der Waals surface area contributed by atoms with E-state index in [4.69, 9.17) is 16.3 Å². The summed E-state index contributed by atoms with van der Waals surface area (Å²) in [5.41, 5.74) is 3.65. The third kappa shape index (κ3) is 3.78. The zero-order valence-corrected chi connectivity index (χ0v) is 17.4. The summed E-state index contributed by atoms with van der Waals surface area (Å²) in [6.07, 6.45) is 2.57. The van der Waals surface area contributed by atoms with Gasteiger partial charge in [-0.3, -0.25) is 4.57 Å². The lowest BCUT2D eigenvalue weighted by molar-refractivity contribution is 0.0746. The van der Waals surface area contributed by atoms with E-state index in [0.717, 1.165) is 22.1 Å². The molecule has 160 valence electrons. The highest BCUT2D eigenvalue weighted by molar-refractivity contribution is 6.29. The molecule has 3 heterocycles. The highest BCUT2D eigenvalue weighted by Crippen LogP contribution is 2.31. The van der Waals surface area contributed by atoms with Gasteiger partial charge in [-0.1, -0.05) is 11.6 Å². The zero-order chi connectivity index (χ0) is 22.2. The smallest absolute Gasteiger partial charge is 0.320 e. The number of pyridine rings is 1. The van der Waals surface area contributed by atoms with Gasteiger partial charge in [-0.2, -0.15) is 8.78 Å². The minimum absolute atomic E-state index is 0.342. The third-order valence-electron chi connectivity index (χ3n) is 4.87. The van der Waals surface area contributed by atoms with Crippen LogP contribution >= 0.6 is 11.6 Å². The number of fused-ring (bicyclic) bond motifs is 2. The molecule has 0 aliphatic carbocycles. The number of aryl methyl sites for hydroxylation is 1. The van der Waals surface area contributed by atoms with Crippen molar-refractivity contribution in [3.05, 3.63) is 71.9 Å². The topological polar surface area (TPSA) is 77.8 Å². The van der Waals surface area contributed by atoms with Gasteiger partial charge in [0, 0.05) is 11.8 Å². The molecule has 0 aliphatic rings. The predicted molar refractivity (Wildman–Crippen MR) is 118 cm³/mol. The molecular formula is C22H15ClF2N6O. The summed E-state index contributed by atoms with van der Waals surface area (Å²) in [5.74, 6) is 1.66. The summed E-state index contributed by atoms with van der Waals surface area (Å²) in [4.78, 5) is 16.8. The summed E-state index contributed by atoms with van der Waals surface area (Å²) < 4.78 is 32.8. The molecule has 10 heteroatoms. The van der Waals surface area contributed by atoms with Gasteiger partial charge in [-0.15, -0.1) is 0 Å². The quantitative estimate of drug-likeness (QED) is 0.317. The fourth-order valence-electron chi connectivity index (χ4n) is 3.34. The normalized spacial score (nSPS) is 11.4. The fraction of sp³-hybridized carbons (Fsp3) is 0.0909. The highest BCUT2D eigenvalue weighted by atomic mass is 35.5. The van der Waals surface area contributed by atoms with Crippen LogP contribution < -0.4 is 10.1 Å². The van der Waals surface area contributed by atoms with Gasteiger partial charge in [0.2, 0.25) is 0 Å². The molecule has 7 nitrogen and oxygen atoms in total. The molecule has 0 unspecified atom stereocenters. The van der Waals surface area contributed by atoms with Crippen LogP contribution in [-0.2, 0) is 0 Å². The Balaban J connectivity index is 1.39. The number of benzene rings is 2. The van der Waals surface area contributed by atoms with Crippen LogP contribution in [0, 0.1) is 6.92 Å². The summed E-state index contributed by atoms with van der Waals surface area (Å²) in [7, 11) is 0. The number of hydrogen-bond donors (Lipinski definition) is 1. The number of hydrogen-bond acceptors (Lipinski definition) is 6. The van der Waals surface area contributed by atoms with Crippen LogP contribution in [0.15, 0.2) is 61.2 Å². The molecule has 0 spiro atoms. The van der Waals surface area contributed by atoms with Crippen LogP contribution in [0.1, 0.15) is 12.1 Å². The number of imidazole rings is 1. The van der Waals surface area contributed by atoms with Gasteiger partial charge < -0.3 is 10.1 Å². The van der Waals surface area contributed by atoms with Gasteiger partial charge in [0.15, 0.2) is 5.82 Å². The Morgan fingerprint density at radius 1 is 1.00 bits per heavy atom. The maximum atomic E-state index is 13.0. The van der Waals surface area contributed by atoms with E-state index < -0.39 is 6.55 Å². The Kier molecular flexibility index (Phi) is 5.02. The van der Waals surface area contributed by atoms with Crippen molar-refractivity contribution in [3.63, 3.8) is 0 Å². The number of alkyl halides is 2. The van der Waals surface area contributed by atoms with Crippen LogP contribution in [-0.4, -0.2) is 24.5 Å². The molecule has 0 radical (unpaired) electrons. The van der Waals surface area contributed by atoms with Crippen LogP contribution in [0.25, 0.3) is 22.1 Å². The van der Waals surface area contributed by atoms with Crippen molar-refractivity contribution >= 4 is 45.2 Å². The Labute approximate surface area is 185 Å². The first-order valence-corrected chi connectivity index (χ1v) is 9.93. The second-order valence-electron chi connectivity index (χ2n) is 7.01. The molecule has 1 N–H and O–H groups in total. The van der Waals surface area contributed by atoms with Gasteiger partial charge in [-0.05, 0) is 55.0 Å². The van der Waals surface area contributed by atoms with Crippen molar-refractivity contribution in [2.75, 3.05) is 5.32 Å². The average Bonchev–Trinajstić information content (AvgIpc) is 3.20. The molecule has 0 amide bonds. The summed E-state index contributed by atoms with van der Waals surface area (Å²) in [5, 5.41) is 3.58. The second kappa shape index (κ2) is 8.01. The molecule has 0 bridgehead atoms. The first-order chi connectivity index (χ1) is 15.5. The molecule has 32 heavy (non-hydrogen) atoms. The van der Waals surface area contributed by atoms with E-state index in [9.17, 15) is 8.78 Å². The molecule has 5 aromatic rings. The average molecular weight is 453 g/mol. The monoisotopic (exact) mass is 452 g/mol. The number of halogens is 3. The maximum absolute atomic E-state index is 13.0. The fourth-order valence-corrected chi connectivity index (χ4v) is 3.49. The maximum Gasteiger partial charge on any atom is 0.320 e. The molecule has 3 aromatic heterocycles. The molecule has 2 aromatic carbocycles. The summed E-state index contributed by atoms with van der Waals surface area (Å²) >= 11 is 6.02. The third-order valence-corrected chi connectivity index (χ3v) is 5.08. The van der Waals surface area contributed by atoms with E-state index in [-0.39, 0.29) is 0 Å². The molecular weight excluding hydrogens is 438 g/mol. The SMILES string of the molecule is Cc1cc(Nc2ncnc3ccc(Cl)nc23)ccc1Oc1ccc2c(c1)ncn2C(F)F. The Morgan fingerprint density at radius 3 is 2.69 bits per heavy atom. The van der Waals surface area contributed by atoms with E-state index in [1.807, 2.05) is 25.1 Å². The van der Waals surface area contributed by atoms with E-state index in [1.165, 1.54) is 6.33 Å². The van der Waals surface area contributed by atoms with Gasteiger partial charge in [0.25, 0.3) is 0 Å². The highest BCUT2D eigenvalue weighted by Gasteiger charge is 2.12. The largest absolute Gasteiger partial charge is 0.457 e. The molecule has 0 fully saturated rings. The van der Waals surface area contributed by atoms with Gasteiger partial charge in [-0.25, -0.2) is 19.9 Å². The zero-order valence-electron chi connectivity index (χ0n) is 16.6. The van der Waals surface area contributed by atoms with E-state index in [0.29, 0.717) is 44.5 Å². The first kappa shape index (κ1) is 20.1. The molecule has 0 saturated heterocycles. The van der Waals surface area contributed by atoms with Crippen molar-refractivity contribution in [1.82, 2.24) is 24.5 Å². The predicted octanol–water partition coefficient (Wildman–Crippen LogP) is 6.27. The summed E-state index contributed by atoms with van der Waals surface area (Å²) in [6, 6.07) is 13.8. The minimum atomic E-state index is -2.65. The molecule has 0 saturated carbocycles. The number of ether oxygens (including phenoxy) is 1. The lowest BCUT2D eigenvalue weighted by atomic mass is 10.2. The van der Waals surface area contributed by atoms with Crippen LogP contribution in [0.3, 0.4) is 0 Å². The van der Waals surface area contributed by atoms with Crippen LogP contribution in [0.4, 0.5) is 20.3 Å². The molecule has 0 aliphatic heterocycles. The number of nitrogens with zero attached hydrogens (tertiary/aromatic N) is 5. The minimum Gasteiger partial charge on any atom is -0.457 e. The number of aromatic nitrogens is 5. The van der Waals surface area contributed by atoms with Crippen LogP contribution in [0.2, 0.25) is 5.15 Å². The number of nitrogens with one attached hydrogen (secondary N) is 1. The standard InChI is InChI=1S/C22H15ClF2N6O/c1-12-8-13(29-21-20-15(26-10-27-21)4-7-19(23)30-20)2-6-18(12)32-14-3-5-17-16(9-14)28-11-31(17)22(24)25/h2-11,22H,1H3,(H,26,27,29). The Hall–Kier alpha value is -3.85. The molecule has 5 rings (SSSR count). The van der Waals surface area contributed by atoms with E-state index >= 15 is 0 Å². The van der Waals surface area contributed by atoms with Gasteiger partial charge in [0.1, 0.15) is 34.8 Å². The van der Waals surface area contributed by atoms with Crippen molar-refractivity contribution in [2.45, 2.75) is 13.5 Å². The Bertz CT molecular complexity index is 1460. The van der Waals surface area contributed by atoms with Gasteiger partial charge >= 0.3 is 6.55 Å². The van der Waals surface area contributed by atoms with Crippen LogP contribution in [0.5, 0.6) is 11.5 Å². The Morgan fingerprint density at radius 2 is 1.88 bits per heavy atom. The van der Waals surface area contributed by atoms with Gasteiger partial charge in [0.05, 0.1) is 16.6 Å². The lowest BCUT2D eigenvalue weighted by Crippen LogP contribution is -1.98. The number of anilines is 2. The lowest BCUT2D eigenvalue weighted by Gasteiger charge is -2.12. The first-order valence-electron chi connectivity index (χ1n) is 9.55. The van der Waals surface area contributed by atoms with Crippen molar-refractivity contribution in [3.8, 4) is 11.5 Å². The van der Waals surface area contributed by atoms with Crippen molar-refractivity contribution < 1.29 is 13.5 Å². The van der Waals surface area contributed by atoms with E-state index in [2.05, 4.69) is 25.3 Å². The van der Waals surface area contributed by atoms with E-state index in [1.54, 1.807) is 30.3 Å².